The average molecular weight is 447 g/mol. The Hall–Kier alpha value is -3.35. The van der Waals surface area contributed by atoms with Crippen LogP contribution >= 0.6 is 0 Å². The first kappa shape index (κ1) is 22.9. The number of carbonyl (C=O) groups excluding carboxylic acids is 1. The molecule has 0 radical (unpaired) electrons. The van der Waals surface area contributed by atoms with E-state index in [1.807, 2.05) is 0 Å². The first-order valence-electron chi connectivity index (χ1n) is 8.17. The Morgan fingerprint density at radius 3 is 2.47 bits per heavy atom. The zero-order valence-electron chi connectivity index (χ0n) is 15.4. The number of alkyl halides is 3. The van der Waals surface area contributed by atoms with Gasteiger partial charge in [-0.05, 0) is 23.8 Å². The SMILES string of the molecule is CS(=O)(=O)Nc1ccccc1CNC(=O)c1cc(OCC(F)(F)F)ccc1[N+](=O)[O-]. The van der Waals surface area contributed by atoms with Gasteiger partial charge in [0.25, 0.3) is 11.6 Å². The molecule has 2 N–H and O–H groups in total. The van der Waals surface area contributed by atoms with Gasteiger partial charge in [0.15, 0.2) is 6.61 Å². The summed E-state index contributed by atoms with van der Waals surface area (Å²) in [7, 11) is -3.59. The molecule has 1 amide bonds. The van der Waals surface area contributed by atoms with Crippen molar-refractivity contribution in [3.8, 4) is 5.75 Å². The van der Waals surface area contributed by atoms with E-state index in [4.69, 9.17) is 0 Å². The van der Waals surface area contributed by atoms with Crippen LogP contribution in [0.15, 0.2) is 42.5 Å². The summed E-state index contributed by atoms with van der Waals surface area (Å²) in [5.74, 6) is -1.32. The maximum absolute atomic E-state index is 12.5. The zero-order valence-corrected chi connectivity index (χ0v) is 16.2. The van der Waals surface area contributed by atoms with Crippen molar-refractivity contribution in [3.05, 3.63) is 63.7 Å². The van der Waals surface area contributed by atoms with Crippen LogP contribution in [0.4, 0.5) is 24.5 Å². The minimum Gasteiger partial charge on any atom is -0.484 e. The molecule has 0 unspecified atom stereocenters. The third kappa shape index (κ3) is 6.92. The molecule has 0 bridgehead atoms. The molecule has 2 rings (SSSR count). The smallest absolute Gasteiger partial charge is 0.422 e. The summed E-state index contributed by atoms with van der Waals surface area (Å²) in [6, 6.07) is 8.77. The molecule has 0 aromatic heterocycles. The molecule has 162 valence electrons. The van der Waals surface area contributed by atoms with Gasteiger partial charge in [0.2, 0.25) is 10.0 Å². The second-order valence-corrected chi connectivity index (χ2v) is 7.80. The Balaban J connectivity index is 2.23. The second-order valence-electron chi connectivity index (χ2n) is 6.05. The maximum atomic E-state index is 12.5. The number of sulfonamides is 1. The van der Waals surface area contributed by atoms with Crippen LogP contribution in [0.3, 0.4) is 0 Å². The van der Waals surface area contributed by atoms with Gasteiger partial charge in [-0.15, -0.1) is 0 Å². The van der Waals surface area contributed by atoms with Crippen molar-refractivity contribution < 1.29 is 36.0 Å². The lowest BCUT2D eigenvalue weighted by Crippen LogP contribution is -2.25. The molecule has 2 aromatic rings. The molecule has 0 fully saturated rings. The van der Waals surface area contributed by atoms with Crippen molar-refractivity contribution in [2.24, 2.45) is 0 Å². The minimum absolute atomic E-state index is 0.192. The van der Waals surface area contributed by atoms with E-state index >= 15 is 0 Å². The van der Waals surface area contributed by atoms with Gasteiger partial charge in [-0.1, -0.05) is 18.2 Å². The van der Waals surface area contributed by atoms with E-state index in [-0.39, 0.29) is 18.0 Å². The summed E-state index contributed by atoms with van der Waals surface area (Å²) in [5, 5.41) is 13.5. The van der Waals surface area contributed by atoms with Gasteiger partial charge < -0.3 is 10.1 Å². The molecule has 2 aromatic carbocycles. The van der Waals surface area contributed by atoms with Crippen molar-refractivity contribution >= 4 is 27.3 Å². The van der Waals surface area contributed by atoms with Crippen molar-refractivity contribution in [1.29, 1.82) is 0 Å². The number of ether oxygens (including phenoxy) is 1. The van der Waals surface area contributed by atoms with E-state index in [9.17, 15) is 36.5 Å². The third-order valence-corrected chi connectivity index (χ3v) is 4.15. The van der Waals surface area contributed by atoms with Crippen LogP contribution < -0.4 is 14.8 Å². The number of carbonyl (C=O) groups is 1. The third-order valence-electron chi connectivity index (χ3n) is 3.56. The molecule has 0 atom stereocenters. The molecule has 0 aliphatic carbocycles. The van der Waals surface area contributed by atoms with Crippen LogP contribution in [0.2, 0.25) is 0 Å². The lowest BCUT2D eigenvalue weighted by molar-refractivity contribution is -0.385. The van der Waals surface area contributed by atoms with Crippen LogP contribution in [-0.4, -0.2) is 38.3 Å². The van der Waals surface area contributed by atoms with Crippen LogP contribution in [0.1, 0.15) is 15.9 Å². The number of halogens is 3. The number of rotatable bonds is 8. The number of anilines is 1. The monoisotopic (exact) mass is 447 g/mol. The molecule has 0 aliphatic heterocycles. The van der Waals surface area contributed by atoms with E-state index in [0.717, 1.165) is 24.5 Å². The largest absolute Gasteiger partial charge is 0.484 e. The van der Waals surface area contributed by atoms with E-state index in [2.05, 4.69) is 14.8 Å². The number of nitro groups is 1. The average Bonchev–Trinajstić information content (AvgIpc) is 2.63. The first-order chi connectivity index (χ1) is 13.9. The molecule has 0 heterocycles. The molecule has 9 nitrogen and oxygen atoms in total. The fourth-order valence-corrected chi connectivity index (χ4v) is 2.95. The molecule has 0 aliphatic rings. The lowest BCUT2D eigenvalue weighted by atomic mass is 10.1. The standard InChI is InChI=1S/C17H16F3N3O6S/c1-30(27,28)22-14-5-3-2-4-11(14)9-21-16(24)13-8-12(29-10-17(18,19)20)6-7-15(13)23(25)26/h2-8,22H,9-10H2,1H3,(H,21,24). The maximum Gasteiger partial charge on any atom is 0.422 e. The number of amides is 1. The number of hydrogen-bond acceptors (Lipinski definition) is 6. The number of benzene rings is 2. The van der Waals surface area contributed by atoms with E-state index in [1.165, 1.54) is 12.1 Å². The van der Waals surface area contributed by atoms with Crippen molar-refractivity contribution in [3.63, 3.8) is 0 Å². The minimum atomic E-state index is -4.62. The number of nitrogens with one attached hydrogen (secondary N) is 2. The molecular weight excluding hydrogens is 431 g/mol. The summed E-state index contributed by atoms with van der Waals surface area (Å²) in [6.07, 6.45) is -3.68. The lowest BCUT2D eigenvalue weighted by Gasteiger charge is -2.13. The highest BCUT2D eigenvalue weighted by Gasteiger charge is 2.29. The van der Waals surface area contributed by atoms with Crippen molar-refractivity contribution in [1.82, 2.24) is 5.32 Å². The van der Waals surface area contributed by atoms with Gasteiger partial charge >= 0.3 is 6.18 Å². The second kappa shape index (κ2) is 8.98. The number of nitrogens with zero attached hydrogens (tertiary/aromatic N) is 1. The zero-order chi connectivity index (χ0) is 22.5. The topological polar surface area (TPSA) is 128 Å². The van der Waals surface area contributed by atoms with E-state index in [1.54, 1.807) is 12.1 Å². The van der Waals surface area contributed by atoms with Crippen LogP contribution in [0.25, 0.3) is 0 Å². The number of nitro benzene ring substituents is 1. The van der Waals surface area contributed by atoms with Gasteiger partial charge in [-0.2, -0.15) is 13.2 Å². The predicted molar refractivity (Wildman–Crippen MR) is 101 cm³/mol. The Bertz CT molecular complexity index is 1060. The molecule has 0 saturated carbocycles. The number of hydrogen-bond donors (Lipinski definition) is 2. The Morgan fingerprint density at radius 1 is 1.20 bits per heavy atom. The summed E-state index contributed by atoms with van der Waals surface area (Å²) in [5.41, 5.74) is -0.580. The van der Waals surface area contributed by atoms with Gasteiger partial charge in [-0.25, -0.2) is 8.42 Å². The van der Waals surface area contributed by atoms with Crippen molar-refractivity contribution in [2.45, 2.75) is 12.7 Å². The van der Waals surface area contributed by atoms with E-state index < -0.39 is 44.9 Å². The highest BCUT2D eigenvalue weighted by Crippen LogP contribution is 2.26. The van der Waals surface area contributed by atoms with Crippen LogP contribution in [0.5, 0.6) is 5.75 Å². The summed E-state index contributed by atoms with van der Waals surface area (Å²) < 4.78 is 66.6. The molecular formula is C17H16F3N3O6S. The van der Waals surface area contributed by atoms with Gasteiger partial charge in [0.05, 0.1) is 16.9 Å². The first-order valence-corrected chi connectivity index (χ1v) is 10.1. The summed E-state index contributed by atoms with van der Waals surface area (Å²) in [6.45, 7) is -1.83. The van der Waals surface area contributed by atoms with Crippen LogP contribution in [0, 0.1) is 10.1 Å². The summed E-state index contributed by atoms with van der Waals surface area (Å²) >= 11 is 0. The summed E-state index contributed by atoms with van der Waals surface area (Å²) in [4.78, 5) is 22.8. The quantitative estimate of drug-likeness (QED) is 0.473. The van der Waals surface area contributed by atoms with Gasteiger partial charge in [0.1, 0.15) is 11.3 Å². The van der Waals surface area contributed by atoms with Gasteiger partial charge in [0, 0.05) is 12.6 Å². The highest BCUT2D eigenvalue weighted by molar-refractivity contribution is 7.92. The molecule has 13 heteroatoms. The molecule has 30 heavy (non-hydrogen) atoms. The fourth-order valence-electron chi connectivity index (χ4n) is 2.36. The normalized spacial score (nSPS) is 11.6. The molecule has 0 spiro atoms. The molecule has 0 saturated heterocycles. The Morgan fingerprint density at radius 2 is 1.87 bits per heavy atom. The van der Waals surface area contributed by atoms with Crippen molar-refractivity contribution in [2.75, 3.05) is 17.6 Å². The van der Waals surface area contributed by atoms with Gasteiger partial charge in [-0.3, -0.25) is 19.6 Å². The van der Waals surface area contributed by atoms with Crippen LogP contribution in [-0.2, 0) is 16.6 Å². The Labute approximate surface area is 169 Å². The fraction of sp³-hybridized carbons (Fsp3) is 0.235. The van der Waals surface area contributed by atoms with E-state index in [0.29, 0.717) is 5.56 Å². The number of para-hydroxylation sites is 1. The highest BCUT2D eigenvalue weighted by atomic mass is 32.2. The Kier molecular flexibility index (Phi) is 6.87. The predicted octanol–water partition coefficient (Wildman–Crippen LogP) is 2.84.